The molecule has 178 valence electrons. The summed E-state index contributed by atoms with van der Waals surface area (Å²) >= 11 is 7.80. The van der Waals surface area contributed by atoms with Gasteiger partial charge in [-0.3, -0.25) is 9.59 Å². The third-order valence-corrected chi connectivity index (χ3v) is 7.07. The third-order valence-electron chi connectivity index (χ3n) is 5.53. The van der Waals surface area contributed by atoms with E-state index >= 15 is 4.39 Å². The zero-order valence-electron chi connectivity index (χ0n) is 17.4. The third kappa shape index (κ3) is 3.82. The fourth-order valence-electron chi connectivity index (χ4n) is 4.15. The van der Waals surface area contributed by atoms with Crippen molar-refractivity contribution in [2.75, 3.05) is 18.1 Å². The number of halogens is 5. The van der Waals surface area contributed by atoms with Crippen molar-refractivity contribution in [3.8, 4) is 0 Å². The Morgan fingerprint density at radius 1 is 1.36 bits per heavy atom. The number of esters is 1. The Balaban J connectivity index is 1.87. The Bertz CT molecular complexity index is 1230. The largest absolute Gasteiger partial charge is 0.471 e. The Labute approximate surface area is 194 Å². The van der Waals surface area contributed by atoms with Gasteiger partial charge in [-0.1, -0.05) is 23.4 Å². The monoisotopic (exact) mass is 507 g/mol. The topological polar surface area (TPSA) is 80.6 Å². The van der Waals surface area contributed by atoms with Crippen molar-refractivity contribution in [2.24, 2.45) is 0 Å². The van der Waals surface area contributed by atoms with Gasteiger partial charge in [-0.25, -0.2) is 9.18 Å². The molecule has 2 unspecified atom stereocenters. The molecule has 0 radical (unpaired) electrons. The van der Waals surface area contributed by atoms with Crippen LogP contribution in [0.2, 0.25) is 5.02 Å². The molecular weight excluding hydrogens is 490 g/mol. The van der Waals surface area contributed by atoms with Crippen LogP contribution >= 0.6 is 23.4 Å². The van der Waals surface area contributed by atoms with Crippen LogP contribution in [0, 0.1) is 5.82 Å². The summed E-state index contributed by atoms with van der Waals surface area (Å²) in [6.45, 7) is 3.57. The second-order valence-electron chi connectivity index (χ2n) is 7.56. The summed E-state index contributed by atoms with van der Waals surface area (Å²) in [6.07, 6.45) is -5.67. The second kappa shape index (κ2) is 8.39. The number of carbonyl (C=O) groups excluding carboxylic acids is 2. The molecule has 1 aromatic carbocycles. The van der Waals surface area contributed by atoms with Crippen LogP contribution in [0.15, 0.2) is 15.9 Å². The molecule has 7 nitrogen and oxygen atoms in total. The summed E-state index contributed by atoms with van der Waals surface area (Å²) < 4.78 is 60.1. The SMILES string of the molecule is CCOC(=O)c1c2n(c3c(Cl)c(N4CCCC4NC(=O)C(F)(F)F)c(F)cc3c1=O)C(C)S2. The van der Waals surface area contributed by atoms with Crippen LogP contribution in [0.4, 0.5) is 23.2 Å². The van der Waals surface area contributed by atoms with E-state index in [0.29, 0.717) is 11.4 Å². The highest BCUT2D eigenvalue weighted by atomic mass is 35.5. The number of anilines is 1. The van der Waals surface area contributed by atoms with Crippen LogP contribution in [0.1, 0.15) is 42.4 Å². The van der Waals surface area contributed by atoms with Gasteiger partial charge in [-0.15, -0.1) is 0 Å². The number of benzene rings is 1. The number of carbonyl (C=O) groups is 2. The molecule has 0 bridgehead atoms. The standard InChI is InChI=1S/C20H18ClF4N3O4S/c1-3-32-18(30)12-16(29)9-7-10(22)15(13(21)14(9)28-8(2)33-17(12)28)27-6-4-5-11(27)26-19(31)20(23,24)25/h7-8,11H,3-6H2,1-2H3,(H,26,31). The van der Waals surface area contributed by atoms with E-state index in [1.165, 1.54) is 16.7 Å². The number of nitrogens with one attached hydrogen (secondary N) is 1. The Kier molecular flexibility index (Phi) is 6.02. The van der Waals surface area contributed by atoms with Gasteiger partial charge in [0.05, 0.1) is 38.6 Å². The number of thioether (sulfide) groups is 1. The van der Waals surface area contributed by atoms with E-state index in [2.05, 4.69) is 0 Å². The van der Waals surface area contributed by atoms with Crippen molar-refractivity contribution < 1.29 is 31.9 Å². The summed E-state index contributed by atoms with van der Waals surface area (Å²) in [5, 5.41) is 1.62. The van der Waals surface area contributed by atoms with E-state index in [0.717, 1.165) is 6.07 Å². The smallest absolute Gasteiger partial charge is 0.462 e. The average molecular weight is 508 g/mol. The van der Waals surface area contributed by atoms with E-state index in [-0.39, 0.29) is 52.1 Å². The number of rotatable bonds is 4. The minimum atomic E-state index is -5.09. The minimum Gasteiger partial charge on any atom is -0.462 e. The zero-order valence-corrected chi connectivity index (χ0v) is 19.0. The average Bonchev–Trinajstić information content (AvgIpc) is 3.15. The first kappa shape index (κ1) is 23.7. The number of ether oxygens (including phenoxy) is 1. The molecule has 3 heterocycles. The van der Waals surface area contributed by atoms with E-state index in [1.54, 1.807) is 18.4 Å². The predicted octanol–water partition coefficient (Wildman–Crippen LogP) is 4.20. The van der Waals surface area contributed by atoms with Crippen LogP contribution in [0.25, 0.3) is 10.9 Å². The van der Waals surface area contributed by atoms with E-state index in [4.69, 9.17) is 16.3 Å². The molecule has 1 aromatic heterocycles. The summed E-state index contributed by atoms with van der Waals surface area (Å²) in [6, 6.07) is 0.922. The minimum absolute atomic E-state index is 0.0457. The first-order chi connectivity index (χ1) is 15.5. The van der Waals surface area contributed by atoms with Crippen molar-refractivity contribution in [1.29, 1.82) is 0 Å². The zero-order chi connectivity index (χ0) is 24.2. The summed E-state index contributed by atoms with van der Waals surface area (Å²) in [5.41, 5.74) is -1.01. The number of fused-ring (bicyclic) bond motifs is 3. The summed E-state index contributed by atoms with van der Waals surface area (Å²) in [4.78, 5) is 38.2. The van der Waals surface area contributed by atoms with Crippen LogP contribution in [-0.4, -0.2) is 41.9 Å². The van der Waals surface area contributed by atoms with Gasteiger partial charge < -0.3 is 19.5 Å². The van der Waals surface area contributed by atoms with Crippen molar-refractivity contribution in [3.05, 3.63) is 32.7 Å². The molecule has 1 N–H and O–H groups in total. The summed E-state index contributed by atoms with van der Waals surface area (Å²) in [5.74, 6) is -3.92. The van der Waals surface area contributed by atoms with Gasteiger partial charge in [0.15, 0.2) is 0 Å². The molecule has 4 rings (SSSR count). The lowest BCUT2D eigenvalue weighted by Gasteiger charge is -2.35. The molecule has 2 atom stereocenters. The van der Waals surface area contributed by atoms with Crippen LogP contribution in [0.5, 0.6) is 0 Å². The molecule has 0 spiro atoms. The van der Waals surface area contributed by atoms with Crippen LogP contribution in [-0.2, 0) is 9.53 Å². The molecule has 1 saturated heterocycles. The van der Waals surface area contributed by atoms with Crippen molar-refractivity contribution >= 4 is 51.8 Å². The highest BCUT2D eigenvalue weighted by Gasteiger charge is 2.42. The number of amides is 1. The number of hydrogen-bond donors (Lipinski definition) is 1. The molecule has 0 aliphatic carbocycles. The first-order valence-corrected chi connectivity index (χ1v) is 11.3. The predicted molar refractivity (Wildman–Crippen MR) is 114 cm³/mol. The molecule has 13 heteroatoms. The van der Waals surface area contributed by atoms with Gasteiger partial charge in [0, 0.05) is 6.54 Å². The molecular formula is C20H18ClF4N3O4S. The van der Waals surface area contributed by atoms with E-state index < -0.39 is 35.5 Å². The quantitative estimate of drug-likeness (QED) is 0.493. The highest BCUT2D eigenvalue weighted by Crippen LogP contribution is 2.49. The van der Waals surface area contributed by atoms with Gasteiger partial charge in [0.2, 0.25) is 5.43 Å². The number of alkyl halides is 3. The molecule has 0 saturated carbocycles. The maximum atomic E-state index is 15.3. The number of pyridine rings is 1. The van der Waals surface area contributed by atoms with E-state index in [1.807, 2.05) is 5.32 Å². The van der Waals surface area contributed by atoms with Crippen LogP contribution < -0.4 is 15.6 Å². The lowest BCUT2D eigenvalue weighted by molar-refractivity contribution is -0.174. The number of hydrogen-bond acceptors (Lipinski definition) is 6. The molecule has 1 amide bonds. The van der Waals surface area contributed by atoms with Gasteiger partial charge in [0.25, 0.3) is 0 Å². The first-order valence-electron chi connectivity index (χ1n) is 10.1. The van der Waals surface area contributed by atoms with E-state index in [9.17, 15) is 27.6 Å². The molecule has 2 aliphatic heterocycles. The fourth-order valence-corrected chi connectivity index (χ4v) is 5.68. The lowest BCUT2D eigenvalue weighted by atomic mass is 10.1. The van der Waals surface area contributed by atoms with Gasteiger partial charge >= 0.3 is 18.1 Å². The maximum absolute atomic E-state index is 15.3. The number of aromatic nitrogens is 1. The maximum Gasteiger partial charge on any atom is 0.471 e. The fraction of sp³-hybridized carbons (Fsp3) is 0.450. The van der Waals surface area contributed by atoms with Crippen LogP contribution in [0.3, 0.4) is 0 Å². The Morgan fingerprint density at radius 2 is 2.06 bits per heavy atom. The Hall–Kier alpha value is -2.47. The number of nitrogens with zero attached hydrogens (tertiary/aromatic N) is 2. The van der Waals surface area contributed by atoms with Crippen molar-refractivity contribution in [3.63, 3.8) is 0 Å². The van der Waals surface area contributed by atoms with Crippen molar-refractivity contribution in [1.82, 2.24) is 9.88 Å². The molecule has 2 aromatic rings. The Morgan fingerprint density at radius 3 is 2.67 bits per heavy atom. The van der Waals surface area contributed by atoms with Gasteiger partial charge in [-0.2, -0.15) is 13.2 Å². The molecule has 2 aliphatic rings. The lowest BCUT2D eigenvalue weighted by Crippen LogP contribution is -2.49. The molecule has 1 fully saturated rings. The normalized spacial score (nSPS) is 19.9. The van der Waals surface area contributed by atoms with Crippen molar-refractivity contribution in [2.45, 2.75) is 49.4 Å². The van der Waals surface area contributed by atoms with Gasteiger partial charge in [-0.05, 0) is 32.8 Å². The van der Waals surface area contributed by atoms with Gasteiger partial charge in [0.1, 0.15) is 17.5 Å². The highest BCUT2D eigenvalue weighted by molar-refractivity contribution is 8.00. The summed E-state index contributed by atoms with van der Waals surface area (Å²) in [7, 11) is 0. The molecule has 33 heavy (non-hydrogen) atoms. The second-order valence-corrected chi connectivity index (χ2v) is 9.24.